The van der Waals surface area contributed by atoms with Crippen LogP contribution < -0.4 is 10.5 Å². The number of pyridine rings is 1. The van der Waals surface area contributed by atoms with Crippen LogP contribution >= 0.6 is 11.6 Å². The second-order valence-corrected chi connectivity index (χ2v) is 7.12. The zero-order chi connectivity index (χ0) is 21.4. The molecule has 0 atom stereocenters. The van der Waals surface area contributed by atoms with Crippen molar-refractivity contribution in [2.75, 3.05) is 25.1 Å². The fourth-order valence-corrected chi connectivity index (χ4v) is 3.56. The molecular formula is C22H21ClF2N4O2. The van der Waals surface area contributed by atoms with E-state index >= 15 is 0 Å². The van der Waals surface area contributed by atoms with Gasteiger partial charge in [0.15, 0.2) is 11.6 Å². The summed E-state index contributed by atoms with van der Waals surface area (Å²) in [6, 6.07) is 10.6. The number of fused-ring (bicyclic) bond motifs is 1. The van der Waals surface area contributed by atoms with Gasteiger partial charge in [0.2, 0.25) is 0 Å². The molecule has 0 unspecified atom stereocenters. The monoisotopic (exact) mass is 446 g/mol. The number of hydrogen-bond acceptors (Lipinski definition) is 4. The SMILES string of the molecule is C.CN(CCO)c1ccc(-c2nn(-c3c(F)cccc3F)c3c(Cl)c[nH]c(=O)c23)cc1. The molecule has 9 heteroatoms. The van der Waals surface area contributed by atoms with E-state index in [0.717, 1.165) is 22.5 Å². The Kier molecular flexibility index (Phi) is 6.42. The van der Waals surface area contributed by atoms with Crippen LogP contribution in [-0.2, 0) is 0 Å². The molecule has 0 saturated carbocycles. The Balaban J connectivity index is 0.00000272. The van der Waals surface area contributed by atoms with Gasteiger partial charge >= 0.3 is 0 Å². The number of nitrogens with zero attached hydrogens (tertiary/aromatic N) is 3. The van der Waals surface area contributed by atoms with E-state index < -0.39 is 22.9 Å². The Hall–Kier alpha value is -3.23. The lowest BCUT2D eigenvalue weighted by molar-refractivity contribution is 0.304. The minimum atomic E-state index is -0.830. The van der Waals surface area contributed by atoms with Crippen molar-refractivity contribution in [2.24, 2.45) is 0 Å². The van der Waals surface area contributed by atoms with Crippen LogP contribution in [0.5, 0.6) is 0 Å². The van der Waals surface area contributed by atoms with Crippen LogP contribution in [0.4, 0.5) is 14.5 Å². The molecule has 0 saturated heterocycles. The Labute approximate surface area is 182 Å². The van der Waals surface area contributed by atoms with Crippen molar-refractivity contribution in [2.45, 2.75) is 7.43 Å². The molecule has 162 valence electrons. The van der Waals surface area contributed by atoms with E-state index in [-0.39, 0.29) is 35.7 Å². The minimum Gasteiger partial charge on any atom is -0.395 e. The van der Waals surface area contributed by atoms with Gasteiger partial charge in [-0.05, 0) is 24.3 Å². The normalized spacial score (nSPS) is 10.9. The second kappa shape index (κ2) is 8.87. The van der Waals surface area contributed by atoms with Crippen LogP contribution in [0.15, 0.2) is 53.5 Å². The quantitative estimate of drug-likeness (QED) is 0.477. The average Bonchev–Trinajstić information content (AvgIpc) is 3.12. The number of anilines is 1. The molecule has 4 aromatic rings. The Morgan fingerprint density at radius 3 is 2.42 bits per heavy atom. The van der Waals surface area contributed by atoms with E-state index in [0.29, 0.717) is 12.1 Å². The number of halogens is 3. The summed E-state index contributed by atoms with van der Waals surface area (Å²) >= 11 is 6.28. The first-order chi connectivity index (χ1) is 14.4. The third-order valence-corrected chi connectivity index (χ3v) is 5.12. The van der Waals surface area contributed by atoms with Gasteiger partial charge < -0.3 is 15.0 Å². The summed E-state index contributed by atoms with van der Waals surface area (Å²) < 4.78 is 30.0. The van der Waals surface area contributed by atoms with Crippen LogP contribution in [0.25, 0.3) is 27.8 Å². The molecule has 4 rings (SSSR count). The molecule has 0 radical (unpaired) electrons. The van der Waals surface area contributed by atoms with Gasteiger partial charge in [-0.25, -0.2) is 13.5 Å². The third-order valence-electron chi connectivity index (χ3n) is 4.83. The number of nitrogens with one attached hydrogen (secondary N) is 1. The van der Waals surface area contributed by atoms with Crippen LogP contribution in [0.1, 0.15) is 7.43 Å². The summed E-state index contributed by atoms with van der Waals surface area (Å²) in [5.41, 5.74) is 0.885. The first-order valence-corrected chi connectivity index (χ1v) is 9.47. The number of benzene rings is 2. The third kappa shape index (κ3) is 3.92. The highest BCUT2D eigenvalue weighted by Gasteiger charge is 2.23. The van der Waals surface area contributed by atoms with Gasteiger partial charge in [-0.1, -0.05) is 37.2 Å². The molecule has 0 amide bonds. The molecule has 2 heterocycles. The van der Waals surface area contributed by atoms with Crippen molar-refractivity contribution >= 4 is 28.2 Å². The smallest absolute Gasteiger partial charge is 0.259 e. The Morgan fingerprint density at radius 2 is 1.81 bits per heavy atom. The zero-order valence-electron chi connectivity index (χ0n) is 15.9. The topological polar surface area (TPSA) is 74.2 Å². The molecule has 0 fully saturated rings. The lowest BCUT2D eigenvalue weighted by Gasteiger charge is -2.17. The van der Waals surface area contributed by atoms with Crippen molar-refractivity contribution < 1.29 is 13.9 Å². The number of aliphatic hydroxyl groups excluding tert-OH is 1. The summed E-state index contributed by atoms with van der Waals surface area (Å²) in [4.78, 5) is 17.0. The molecule has 2 aromatic heterocycles. The number of aromatic amines is 1. The van der Waals surface area contributed by atoms with E-state index in [1.54, 1.807) is 24.3 Å². The van der Waals surface area contributed by atoms with Gasteiger partial charge in [-0.2, -0.15) is 5.10 Å². The number of hydrogen-bond donors (Lipinski definition) is 2. The molecule has 2 aromatic carbocycles. The van der Waals surface area contributed by atoms with Gasteiger partial charge in [0.05, 0.1) is 17.0 Å². The van der Waals surface area contributed by atoms with Gasteiger partial charge in [-0.15, -0.1) is 0 Å². The summed E-state index contributed by atoms with van der Waals surface area (Å²) in [7, 11) is 1.83. The van der Waals surface area contributed by atoms with Crippen LogP contribution in [0.3, 0.4) is 0 Å². The highest BCUT2D eigenvalue weighted by molar-refractivity contribution is 6.35. The van der Waals surface area contributed by atoms with E-state index in [4.69, 9.17) is 16.7 Å². The summed E-state index contributed by atoms with van der Waals surface area (Å²) in [5, 5.41) is 13.7. The maximum Gasteiger partial charge on any atom is 0.259 e. The molecule has 0 bridgehead atoms. The summed E-state index contributed by atoms with van der Waals surface area (Å²) in [6.45, 7) is 0.466. The summed E-state index contributed by atoms with van der Waals surface area (Å²) in [5.74, 6) is -1.66. The maximum absolute atomic E-state index is 14.5. The van der Waals surface area contributed by atoms with Crippen LogP contribution in [0, 0.1) is 11.6 Å². The number of para-hydroxylation sites is 1. The van der Waals surface area contributed by atoms with Gasteiger partial charge in [0, 0.05) is 31.0 Å². The number of aliphatic hydroxyl groups is 1. The first kappa shape index (κ1) is 22.5. The molecule has 6 nitrogen and oxygen atoms in total. The van der Waals surface area contributed by atoms with Gasteiger partial charge in [0.1, 0.15) is 16.9 Å². The standard InChI is InChI=1S/C21H17ClF2N4O2.CH4/c1-27(9-10-29)13-7-5-12(6-8-13)18-17-19(14(22)11-25-21(17)30)28(26-18)20-15(23)3-2-4-16(20)24;/h2-8,11,29H,9-10H2,1H3,(H,25,30);1H4. The molecule has 2 N–H and O–H groups in total. The van der Waals surface area contributed by atoms with Crippen molar-refractivity contribution in [1.29, 1.82) is 0 Å². The van der Waals surface area contributed by atoms with E-state index in [2.05, 4.69) is 10.1 Å². The van der Waals surface area contributed by atoms with E-state index in [9.17, 15) is 13.6 Å². The van der Waals surface area contributed by atoms with Crippen molar-refractivity contribution in [3.05, 3.63) is 75.7 Å². The fraction of sp³-hybridized carbons (Fsp3) is 0.182. The molecule has 31 heavy (non-hydrogen) atoms. The average molecular weight is 447 g/mol. The zero-order valence-corrected chi connectivity index (χ0v) is 16.6. The fourth-order valence-electron chi connectivity index (χ4n) is 3.33. The summed E-state index contributed by atoms with van der Waals surface area (Å²) in [6.07, 6.45) is 1.26. The molecule has 0 spiro atoms. The van der Waals surface area contributed by atoms with E-state index in [1.165, 1.54) is 12.3 Å². The number of H-pyrrole nitrogens is 1. The lowest BCUT2D eigenvalue weighted by atomic mass is 10.1. The molecule has 0 aliphatic carbocycles. The van der Waals surface area contributed by atoms with E-state index in [1.807, 2.05) is 11.9 Å². The first-order valence-electron chi connectivity index (χ1n) is 9.09. The predicted octanol–water partition coefficient (Wildman–Crippen LogP) is 4.38. The van der Waals surface area contributed by atoms with Gasteiger partial charge in [-0.3, -0.25) is 4.79 Å². The molecule has 0 aliphatic heterocycles. The Bertz CT molecular complexity index is 1270. The molecule has 0 aliphatic rings. The minimum absolute atomic E-state index is 0. The lowest BCUT2D eigenvalue weighted by Crippen LogP contribution is -2.20. The largest absolute Gasteiger partial charge is 0.395 e. The Morgan fingerprint density at radius 1 is 1.16 bits per heavy atom. The number of rotatable bonds is 5. The van der Waals surface area contributed by atoms with Crippen LogP contribution in [-0.4, -0.2) is 40.1 Å². The van der Waals surface area contributed by atoms with Crippen molar-refractivity contribution in [1.82, 2.24) is 14.8 Å². The highest BCUT2D eigenvalue weighted by atomic mass is 35.5. The van der Waals surface area contributed by atoms with Gasteiger partial charge in [0.25, 0.3) is 5.56 Å². The predicted molar refractivity (Wildman–Crippen MR) is 119 cm³/mol. The van der Waals surface area contributed by atoms with Crippen molar-refractivity contribution in [3.8, 4) is 16.9 Å². The maximum atomic E-state index is 14.5. The molecular weight excluding hydrogens is 426 g/mol. The number of likely N-dealkylation sites (N-methyl/N-ethyl adjacent to an activating group) is 1. The second-order valence-electron chi connectivity index (χ2n) is 6.71. The van der Waals surface area contributed by atoms with Crippen LogP contribution in [0.2, 0.25) is 5.02 Å². The highest BCUT2D eigenvalue weighted by Crippen LogP contribution is 2.33. The van der Waals surface area contributed by atoms with Crippen molar-refractivity contribution in [3.63, 3.8) is 0 Å². The number of aromatic nitrogens is 3.